The number of hydrogen-bond acceptors (Lipinski definition) is 4. The molecule has 3 N–H and O–H groups in total. The molecule has 2 rings (SSSR count). The summed E-state index contributed by atoms with van der Waals surface area (Å²) in [5.74, 6) is 1.12. The fourth-order valence-electron chi connectivity index (χ4n) is 1.95. The van der Waals surface area contributed by atoms with Gasteiger partial charge in [-0.15, -0.1) is 12.4 Å². The van der Waals surface area contributed by atoms with Gasteiger partial charge in [-0.2, -0.15) is 0 Å². The van der Waals surface area contributed by atoms with E-state index in [1.54, 1.807) is 12.3 Å². The van der Waals surface area contributed by atoms with Gasteiger partial charge in [-0.1, -0.05) is 37.6 Å². The van der Waals surface area contributed by atoms with E-state index in [1.807, 2.05) is 43.3 Å². The Morgan fingerprint density at radius 1 is 1.26 bits per heavy atom. The Morgan fingerprint density at radius 2 is 2.00 bits per heavy atom. The van der Waals surface area contributed by atoms with Gasteiger partial charge in [0.05, 0.1) is 6.04 Å². The number of ether oxygens (including phenoxy) is 1. The predicted molar refractivity (Wildman–Crippen MR) is 92.7 cm³/mol. The number of nitrogens with two attached hydrogens (primary N) is 1. The molecule has 1 aromatic carbocycles. The number of halogens is 1. The van der Waals surface area contributed by atoms with Crippen molar-refractivity contribution in [1.82, 2.24) is 10.3 Å². The summed E-state index contributed by atoms with van der Waals surface area (Å²) < 4.78 is 5.61. The van der Waals surface area contributed by atoms with Crippen LogP contribution in [0.3, 0.4) is 0 Å². The number of amides is 1. The van der Waals surface area contributed by atoms with Crippen molar-refractivity contribution < 1.29 is 9.53 Å². The minimum Gasteiger partial charge on any atom is -0.439 e. The van der Waals surface area contributed by atoms with E-state index >= 15 is 0 Å². The minimum atomic E-state index is -0.446. The monoisotopic (exact) mass is 335 g/mol. The van der Waals surface area contributed by atoms with E-state index in [1.165, 1.54) is 0 Å². The number of hydrogen-bond donors (Lipinski definition) is 2. The van der Waals surface area contributed by atoms with Gasteiger partial charge < -0.3 is 15.8 Å². The third-order valence-electron chi connectivity index (χ3n) is 3.17. The third-order valence-corrected chi connectivity index (χ3v) is 3.17. The Kier molecular flexibility index (Phi) is 8.08. The molecule has 1 heterocycles. The summed E-state index contributed by atoms with van der Waals surface area (Å²) >= 11 is 0. The maximum atomic E-state index is 11.7. The molecular weight excluding hydrogens is 314 g/mol. The Bertz CT molecular complexity index is 591. The van der Waals surface area contributed by atoms with Crippen LogP contribution in [-0.2, 0) is 11.3 Å². The van der Waals surface area contributed by atoms with Crippen molar-refractivity contribution in [1.29, 1.82) is 0 Å². The molecule has 124 valence electrons. The number of benzene rings is 1. The number of pyridine rings is 1. The lowest BCUT2D eigenvalue weighted by molar-refractivity contribution is -0.122. The molecule has 0 aliphatic heterocycles. The summed E-state index contributed by atoms with van der Waals surface area (Å²) in [6.07, 6.45) is 3.26. The quantitative estimate of drug-likeness (QED) is 0.815. The number of rotatable bonds is 7. The van der Waals surface area contributed by atoms with Crippen LogP contribution in [0.15, 0.2) is 48.7 Å². The first kappa shape index (κ1) is 18.9. The second-order valence-corrected chi connectivity index (χ2v) is 5.03. The molecule has 1 unspecified atom stereocenters. The average molecular weight is 336 g/mol. The molecule has 0 spiro atoms. The Balaban J connectivity index is 0.00000264. The molecule has 1 atom stereocenters. The predicted octanol–water partition coefficient (Wildman–Crippen LogP) is 3.04. The van der Waals surface area contributed by atoms with Gasteiger partial charge in [0.2, 0.25) is 11.8 Å². The fourth-order valence-corrected chi connectivity index (χ4v) is 1.95. The number of nitrogens with zero attached hydrogens (tertiary/aromatic N) is 1. The van der Waals surface area contributed by atoms with E-state index < -0.39 is 6.04 Å². The highest BCUT2D eigenvalue weighted by atomic mass is 35.5. The zero-order chi connectivity index (χ0) is 15.8. The summed E-state index contributed by atoms with van der Waals surface area (Å²) in [6.45, 7) is 2.41. The number of carbonyl (C=O) groups excluding carboxylic acids is 1. The molecule has 1 aromatic heterocycles. The molecule has 23 heavy (non-hydrogen) atoms. The van der Waals surface area contributed by atoms with Crippen LogP contribution in [0, 0.1) is 0 Å². The number of para-hydroxylation sites is 1. The maximum absolute atomic E-state index is 11.7. The van der Waals surface area contributed by atoms with Crippen molar-refractivity contribution in [3.8, 4) is 11.6 Å². The van der Waals surface area contributed by atoms with E-state index in [-0.39, 0.29) is 18.3 Å². The molecule has 0 saturated carbocycles. The fraction of sp³-hybridized carbons (Fsp3) is 0.294. The molecular formula is C17H22ClN3O2. The molecule has 0 fully saturated rings. The Labute approximate surface area is 142 Å². The van der Waals surface area contributed by atoms with Crippen molar-refractivity contribution in [2.24, 2.45) is 5.73 Å². The third kappa shape index (κ3) is 6.26. The lowest BCUT2D eigenvalue weighted by Gasteiger charge is -2.11. The van der Waals surface area contributed by atoms with Crippen LogP contribution in [-0.4, -0.2) is 16.9 Å². The summed E-state index contributed by atoms with van der Waals surface area (Å²) in [5, 5.41) is 2.81. The zero-order valence-corrected chi connectivity index (χ0v) is 13.9. The van der Waals surface area contributed by atoms with Gasteiger partial charge in [0, 0.05) is 18.8 Å². The minimum absolute atomic E-state index is 0. The first-order chi connectivity index (χ1) is 10.7. The van der Waals surface area contributed by atoms with E-state index in [0.717, 1.165) is 17.7 Å². The molecule has 0 bridgehead atoms. The highest BCUT2D eigenvalue weighted by molar-refractivity contribution is 5.85. The normalized spacial score (nSPS) is 11.2. The molecule has 1 amide bonds. The summed E-state index contributed by atoms with van der Waals surface area (Å²) in [4.78, 5) is 16.0. The molecule has 5 nitrogen and oxygen atoms in total. The highest BCUT2D eigenvalue weighted by Gasteiger charge is 2.11. The second-order valence-electron chi connectivity index (χ2n) is 5.03. The van der Waals surface area contributed by atoms with Gasteiger partial charge >= 0.3 is 0 Å². The van der Waals surface area contributed by atoms with Crippen LogP contribution in [0.1, 0.15) is 25.3 Å². The second kappa shape index (κ2) is 9.82. The molecule has 0 radical (unpaired) electrons. The smallest absolute Gasteiger partial charge is 0.237 e. The van der Waals surface area contributed by atoms with Crippen molar-refractivity contribution in [2.75, 3.05) is 0 Å². The van der Waals surface area contributed by atoms with Crippen molar-refractivity contribution in [3.63, 3.8) is 0 Å². The van der Waals surface area contributed by atoms with E-state index in [0.29, 0.717) is 18.8 Å². The van der Waals surface area contributed by atoms with Gasteiger partial charge in [0.15, 0.2) is 0 Å². The van der Waals surface area contributed by atoms with Crippen LogP contribution in [0.25, 0.3) is 0 Å². The first-order valence-corrected chi connectivity index (χ1v) is 7.40. The lowest BCUT2D eigenvalue weighted by atomic mass is 10.1. The van der Waals surface area contributed by atoms with Gasteiger partial charge in [-0.25, -0.2) is 4.98 Å². The molecule has 0 saturated heterocycles. The summed E-state index contributed by atoms with van der Waals surface area (Å²) in [5.41, 5.74) is 6.65. The molecule has 2 aromatic rings. The van der Waals surface area contributed by atoms with E-state index in [2.05, 4.69) is 10.3 Å². The zero-order valence-electron chi connectivity index (χ0n) is 13.1. The van der Waals surface area contributed by atoms with Crippen molar-refractivity contribution in [3.05, 3.63) is 54.2 Å². The maximum Gasteiger partial charge on any atom is 0.237 e. The standard InChI is InChI=1S/C17H21N3O2.ClH/c1-2-6-15(18)17(21)20-12-13-9-10-16(19-11-13)22-14-7-4-3-5-8-14;/h3-5,7-11,15H,2,6,12,18H2,1H3,(H,20,21);1H. The summed E-state index contributed by atoms with van der Waals surface area (Å²) in [6, 6.07) is 12.7. The Morgan fingerprint density at radius 3 is 2.61 bits per heavy atom. The van der Waals surface area contributed by atoms with Crippen LogP contribution in [0.4, 0.5) is 0 Å². The van der Waals surface area contributed by atoms with Gasteiger partial charge in [0.25, 0.3) is 0 Å². The van der Waals surface area contributed by atoms with Crippen LogP contribution >= 0.6 is 12.4 Å². The van der Waals surface area contributed by atoms with Gasteiger partial charge in [0.1, 0.15) is 5.75 Å². The van der Waals surface area contributed by atoms with Gasteiger partial charge in [-0.05, 0) is 24.1 Å². The van der Waals surface area contributed by atoms with E-state index in [4.69, 9.17) is 10.5 Å². The highest BCUT2D eigenvalue weighted by Crippen LogP contribution is 2.18. The number of nitrogens with one attached hydrogen (secondary N) is 1. The average Bonchev–Trinajstić information content (AvgIpc) is 2.55. The van der Waals surface area contributed by atoms with Crippen molar-refractivity contribution >= 4 is 18.3 Å². The van der Waals surface area contributed by atoms with E-state index in [9.17, 15) is 4.79 Å². The lowest BCUT2D eigenvalue weighted by Crippen LogP contribution is -2.40. The Hall–Kier alpha value is -2.11. The molecule has 0 aliphatic rings. The topological polar surface area (TPSA) is 77.2 Å². The largest absolute Gasteiger partial charge is 0.439 e. The SMILES string of the molecule is CCCC(N)C(=O)NCc1ccc(Oc2ccccc2)nc1.Cl. The summed E-state index contributed by atoms with van der Waals surface area (Å²) in [7, 11) is 0. The van der Waals surface area contributed by atoms with Gasteiger partial charge in [-0.3, -0.25) is 4.79 Å². The van der Waals surface area contributed by atoms with Crippen LogP contribution < -0.4 is 15.8 Å². The van der Waals surface area contributed by atoms with Crippen molar-refractivity contribution in [2.45, 2.75) is 32.4 Å². The number of carbonyl (C=O) groups is 1. The first-order valence-electron chi connectivity index (χ1n) is 7.40. The molecule has 6 heteroatoms. The molecule has 0 aliphatic carbocycles. The van der Waals surface area contributed by atoms with Crippen LogP contribution in [0.2, 0.25) is 0 Å². The number of aromatic nitrogens is 1. The van der Waals surface area contributed by atoms with Crippen LogP contribution in [0.5, 0.6) is 11.6 Å².